The molecule has 1 aliphatic rings. The average Bonchev–Trinajstić information content (AvgIpc) is 2.87. The fourth-order valence-electron chi connectivity index (χ4n) is 4.56. The highest BCUT2D eigenvalue weighted by Crippen LogP contribution is 2.40. The maximum atomic E-state index is 12.2. The molecule has 0 spiro atoms. The van der Waals surface area contributed by atoms with E-state index in [0.29, 0.717) is 18.0 Å². The molecule has 0 heterocycles. The summed E-state index contributed by atoms with van der Waals surface area (Å²) in [5.41, 5.74) is 0.454. The summed E-state index contributed by atoms with van der Waals surface area (Å²) < 4.78 is 15.2. The predicted molar refractivity (Wildman–Crippen MR) is 134 cm³/mol. The van der Waals surface area contributed by atoms with Crippen LogP contribution in [0.4, 0.5) is 0 Å². The Morgan fingerprint density at radius 1 is 0.889 bits per heavy atom. The first-order valence-electron chi connectivity index (χ1n) is 12.3. The Balaban J connectivity index is 1.51. The molecule has 3 rings (SSSR count). The van der Waals surface area contributed by atoms with Gasteiger partial charge < -0.3 is 24.2 Å². The van der Waals surface area contributed by atoms with Crippen molar-refractivity contribution in [1.82, 2.24) is 4.90 Å². The lowest BCUT2D eigenvalue weighted by Gasteiger charge is -2.40. The second-order valence-corrected chi connectivity index (χ2v) is 9.51. The van der Waals surface area contributed by atoms with Crippen molar-refractivity contribution in [3.63, 3.8) is 0 Å². The molecule has 36 heavy (non-hydrogen) atoms. The van der Waals surface area contributed by atoms with Gasteiger partial charge in [-0.05, 0) is 68.9 Å². The van der Waals surface area contributed by atoms with Gasteiger partial charge in [0.15, 0.2) is 0 Å². The Morgan fingerprint density at radius 2 is 1.47 bits per heavy atom. The molecule has 8 nitrogen and oxygen atoms in total. The van der Waals surface area contributed by atoms with Gasteiger partial charge in [-0.3, -0.25) is 9.59 Å². The fraction of sp³-hybridized carbons (Fsp3) is 0.464. The van der Waals surface area contributed by atoms with Crippen LogP contribution in [-0.2, 0) is 14.3 Å². The number of esters is 3. The largest absolute Gasteiger partial charge is 0.497 e. The minimum absolute atomic E-state index is 0.0458. The van der Waals surface area contributed by atoms with E-state index in [-0.39, 0.29) is 24.3 Å². The van der Waals surface area contributed by atoms with Gasteiger partial charge in [-0.25, -0.2) is 4.79 Å². The summed E-state index contributed by atoms with van der Waals surface area (Å²) in [5.74, 6) is -1.32. The molecular formula is C28H35NO7. The molecule has 1 unspecified atom stereocenters. The van der Waals surface area contributed by atoms with Crippen LogP contribution in [0.2, 0.25) is 0 Å². The van der Waals surface area contributed by atoms with Crippen LogP contribution in [0, 0.1) is 0 Å². The third-order valence-electron chi connectivity index (χ3n) is 6.50. The monoisotopic (exact) mass is 497 g/mol. The third-order valence-corrected chi connectivity index (χ3v) is 6.50. The molecule has 1 aliphatic carbocycles. The molecule has 0 saturated heterocycles. The van der Waals surface area contributed by atoms with Crippen molar-refractivity contribution in [3.05, 3.63) is 59.7 Å². The van der Waals surface area contributed by atoms with Gasteiger partial charge in [0.05, 0.1) is 31.1 Å². The van der Waals surface area contributed by atoms with Gasteiger partial charge in [0.25, 0.3) is 0 Å². The van der Waals surface area contributed by atoms with Gasteiger partial charge in [0.1, 0.15) is 11.5 Å². The number of methoxy groups -OCH3 is 1. The fourth-order valence-corrected chi connectivity index (χ4v) is 4.56. The van der Waals surface area contributed by atoms with Crippen LogP contribution in [0.15, 0.2) is 48.5 Å². The van der Waals surface area contributed by atoms with E-state index < -0.39 is 23.5 Å². The first-order chi connectivity index (χ1) is 17.2. The lowest BCUT2D eigenvalue weighted by molar-refractivity contribution is -0.142. The van der Waals surface area contributed by atoms with E-state index in [1.165, 1.54) is 19.2 Å². The van der Waals surface area contributed by atoms with Gasteiger partial charge in [-0.15, -0.1) is 0 Å². The smallest absolute Gasteiger partial charge is 0.345 e. The molecule has 1 fully saturated rings. The number of rotatable bonds is 10. The summed E-state index contributed by atoms with van der Waals surface area (Å²) in [5, 5.41) is 11.3. The molecule has 2 aromatic carbocycles. The van der Waals surface area contributed by atoms with Gasteiger partial charge in [0, 0.05) is 12.5 Å². The maximum absolute atomic E-state index is 12.2. The van der Waals surface area contributed by atoms with Gasteiger partial charge in [-0.2, -0.15) is 0 Å². The zero-order valence-electron chi connectivity index (χ0n) is 21.2. The molecule has 0 aliphatic heterocycles. The Kier molecular flexibility index (Phi) is 9.61. The highest BCUT2D eigenvalue weighted by molar-refractivity contribution is 5.97. The number of carbonyl (C=O) groups excluding carboxylic acids is 3. The average molecular weight is 498 g/mol. The van der Waals surface area contributed by atoms with E-state index in [2.05, 4.69) is 4.90 Å². The minimum atomic E-state index is -0.810. The van der Waals surface area contributed by atoms with Gasteiger partial charge in [-0.1, -0.05) is 31.4 Å². The summed E-state index contributed by atoms with van der Waals surface area (Å²) in [7, 11) is 5.49. The van der Waals surface area contributed by atoms with Crippen molar-refractivity contribution in [2.45, 2.75) is 56.5 Å². The molecule has 0 amide bonds. The number of likely N-dealkylation sites (N-methyl/N-ethyl adjacent to an activating group) is 1. The maximum Gasteiger partial charge on any atom is 0.345 e. The molecule has 8 heteroatoms. The number of hydrogen-bond donors (Lipinski definition) is 1. The lowest BCUT2D eigenvalue weighted by Crippen LogP contribution is -2.42. The van der Waals surface area contributed by atoms with Gasteiger partial charge in [0.2, 0.25) is 0 Å². The van der Waals surface area contributed by atoms with Crippen molar-refractivity contribution in [2.24, 2.45) is 0 Å². The predicted octanol–water partition coefficient (Wildman–Crippen LogP) is 4.10. The molecule has 194 valence electrons. The Labute approximate surface area is 212 Å². The topological polar surface area (TPSA) is 102 Å². The molecule has 0 aromatic heterocycles. The highest BCUT2D eigenvalue weighted by Gasteiger charge is 2.38. The van der Waals surface area contributed by atoms with Crippen LogP contribution < -0.4 is 9.47 Å². The molecule has 2 aromatic rings. The van der Waals surface area contributed by atoms with Crippen LogP contribution in [0.3, 0.4) is 0 Å². The quantitative estimate of drug-likeness (QED) is 0.297. The Hall–Kier alpha value is -3.23. The highest BCUT2D eigenvalue weighted by atomic mass is 16.6. The second kappa shape index (κ2) is 12.6. The summed E-state index contributed by atoms with van der Waals surface area (Å²) in [4.78, 5) is 38.4. The lowest BCUT2D eigenvalue weighted by atomic mass is 9.72. The van der Waals surface area contributed by atoms with Crippen molar-refractivity contribution >= 4 is 17.9 Å². The first-order valence-corrected chi connectivity index (χ1v) is 12.3. The normalized spacial score (nSPS) is 15.7. The number of ether oxygens (including phenoxy) is 3. The van der Waals surface area contributed by atoms with Crippen molar-refractivity contribution in [1.29, 1.82) is 0 Å². The number of carbonyl (C=O) groups is 3. The van der Waals surface area contributed by atoms with E-state index in [0.717, 1.165) is 37.7 Å². The molecular weight excluding hydrogens is 462 g/mol. The van der Waals surface area contributed by atoms with Crippen LogP contribution >= 0.6 is 0 Å². The Bertz CT molecular complexity index is 1020. The zero-order chi connectivity index (χ0) is 26.1. The van der Waals surface area contributed by atoms with Crippen LogP contribution in [0.5, 0.6) is 11.5 Å². The molecule has 1 N–H and O–H groups in total. The van der Waals surface area contributed by atoms with Crippen molar-refractivity contribution in [3.8, 4) is 11.5 Å². The zero-order valence-corrected chi connectivity index (χ0v) is 21.2. The van der Waals surface area contributed by atoms with E-state index in [1.807, 2.05) is 26.2 Å². The van der Waals surface area contributed by atoms with E-state index >= 15 is 0 Å². The number of benzene rings is 2. The first kappa shape index (κ1) is 27.4. The second-order valence-electron chi connectivity index (χ2n) is 9.51. The van der Waals surface area contributed by atoms with Crippen LogP contribution in [0.1, 0.15) is 66.8 Å². The summed E-state index contributed by atoms with van der Waals surface area (Å²) >= 11 is 0. The van der Waals surface area contributed by atoms with E-state index in [1.54, 1.807) is 24.3 Å². The number of hydrogen-bond acceptors (Lipinski definition) is 8. The van der Waals surface area contributed by atoms with Crippen molar-refractivity contribution < 1.29 is 33.7 Å². The van der Waals surface area contributed by atoms with Crippen LogP contribution in [0.25, 0.3) is 0 Å². The molecule has 1 saturated carbocycles. The SMILES string of the molecule is COc1ccc(C(=O)OC(=O)CCC(=O)Oc2ccc(C(CN(C)C)C3(O)CCCCC3)cc2)cc1. The summed E-state index contributed by atoms with van der Waals surface area (Å²) in [6, 6.07) is 13.3. The Morgan fingerprint density at radius 3 is 2.06 bits per heavy atom. The third kappa shape index (κ3) is 7.63. The van der Waals surface area contributed by atoms with Gasteiger partial charge >= 0.3 is 17.9 Å². The molecule has 0 bridgehead atoms. The number of aliphatic hydroxyl groups is 1. The van der Waals surface area contributed by atoms with E-state index in [4.69, 9.17) is 14.2 Å². The summed E-state index contributed by atoms with van der Waals surface area (Å²) in [6.07, 6.45) is 4.23. The summed E-state index contributed by atoms with van der Waals surface area (Å²) in [6.45, 7) is 0.715. The minimum Gasteiger partial charge on any atom is -0.497 e. The van der Waals surface area contributed by atoms with Crippen LogP contribution in [-0.4, -0.2) is 61.3 Å². The van der Waals surface area contributed by atoms with Crippen molar-refractivity contribution in [2.75, 3.05) is 27.7 Å². The molecule has 1 atom stereocenters. The molecule has 0 radical (unpaired) electrons. The number of nitrogens with zero attached hydrogens (tertiary/aromatic N) is 1. The van der Waals surface area contributed by atoms with E-state index in [9.17, 15) is 19.5 Å². The standard InChI is InChI=1S/C28H35NO7/c1-29(2)19-24(28(33)17-5-4-6-18-28)20-7-13-23(14-8-20)35-25(30)15-16-26(31)36-27(32)21-9-11-22(34-3)12-10-21/h7-14,24,33H,4-6,15-19H2,1-3H3.